The molecule has 6 rings (SSSR count). The summed E-state index contributed by atoms with van der Waals surface area (Å²) in [4.78, 5) is 20.8. The summed E-state index contributed by atoms with van der Waals surface area (Å²) in [5.74, 6) is 1.58. The molecule has 8 heteroatoms. The number of fused-ring (bicyclic) bond motifs is 6. The number of amides is 2. The second-order valence-corrected chi connectivity index (χ2v) is 10.2. The summed E-state index contributed by atoms with van der Waals surface area (Å²) in [5, 5.41) is 14.8. The monoisotopic (exact) mass is 490 g/mol. The fourth-order valence-corrected chi connectivity index (χ4v) is 6.41. The number of aromatic amines is 1. The van der Waals surface area contributed by atoms with Gasteiger partial charge in [-0.2, -0.15) is 0 Å². The minimum atomic E-state index is -0.491. The van der Waals surface area contributed by atoms with E-state index >= 15 is 0 Å². The van der Waals surface area contributed by atoms with Crippen molar-refractivity contribution < 1.29 is 19.4 Å². The Bertz CT molecular complexity index is 1300. The van der Waals surface area contributed by atoms with E-state index < -0.39 is 6.10 Å². The molecule has 3 aliphatic heterocycles. The van der Waals surface area contributed by atoms with Gasteiger partial charge in [0, 0.05) is 55.2 Å². The van der Waals surface area contributed by atoms with E-state index in [9.17, 15) is 9.90 Å². The number of aromatic nitrogens is 1. The van der Waals surface area contributed by atoms with Crippen LogP contribution < -0.4 is 14.8 Å². The van der Waals surface area contributed by atoms with Gasteiger partial charge in [-0.3, -0.25) is 4.90 Å². The lowest BCUT2D eigenvalue weighted by molar-refractivity contribution is -0.0189. The van der Waals surface area contributed by atoms with Gasteiger partial charge >= 0.3 is 6.03 Å². The Morgan fingerprint density at radius 3 is 2.92 bits per heavy atom. The topological polar surface area (TPSA) is 90.1 Å². The number of ether oxygens (including phenoxy) is 2. The Morgan fingerprint density at radius 2 is 2.11 bits per heavy atom. The van der Waals surface area contributed by atoms with E-state index in [1.165, 1.54) is 22.2 Å². The number of nitrogens with zero attached hydrogens (tertiary/aromatic N) is 2. The molecule has 4 heterocycles. The van der Waals surface area contributed by atoms with Crippen molar-refractivity contribution in [2.75, 3.05) is 33.5 Å². The highest BCUT2D eigenvalue weighted by Gasteiger charge is 2.44. The average molecular weight is 491 g/mol. The highest BCUT2D eigenvalue weighted by Crippen LogP contribution is 2.45. The van der Waals surface area contributed by atoms with Crippen molar-refractivity contribution in [3.63, 3.8) is 0 Å². The third kappa shape index (κ3) is 3.71. The van der Waals surface area contributed by atoms with Crippen LogP contribution in [-0.2, 0) is 6.42 Å². The van der Waals surface area contributed by atoms with Crippen molar-refractivity contribution >= 4 is 16.9 Å². The van der Waals surface area contributed by atoms with Crippen LogP contribution in [0.15, 0.2) is 36.4 Å². The largest absolute Gasteiger partial charge is 0.454 e. The zero-order valence-electron chi connectivity index (χ0n) is 21.1. The zero-order chi connectivity index (χ0) is 25.0. The van der Waals surface area contributed by atoms with Gasteiger partial charge in [-0.25, -0.2) is 4.79 Å². The lowest BCUT2D eigenvalue weighted by atomic mass is 9.79. The van der Waals surface area contributed by atoms with E-state index in [-0.39, 0.29) is 30.8 Å². The summed E-state index contributed by atoms with van der Waals surface area (Å²) < 4.78 is 11.2. The van der Waals surface area contributed by atoms with Crippen LogP contribution in [-0.4, -0.2) is 71.5 Å². The van der Waals surface area contributed by atoms with Crippen molar-refractivity contribution in [2.45, 2.75) is 44.9 Å². The molecule has 1 aromatic heterocycles. The summed E-state index contributed by atoms with van der Waals surface area (Å²) in [6.07, 6.45) is 1.23. The molecule has 8 nitrogen and oxygen atoms in total. The summed E-state index contributed by atoms with van der Waals surface area (Å²) in [7, 11) is 1.85. The van der Waals surface area contributed by atoms with E-state index in [4.69, 9.17) is 9.47 Å². The second kappa shape index (κ2) is 9.01. The number of H-pyrrole nitrogens is 1. The number of carbonyl (C=O) groups is 1. The van der Waals surface area contributed by atoms with Crippen molar-refractivity contribution in [3.8, 4) is 22.6 Å². The molecule has 1 fully saturated rings. The van der Waals surface area contributed by atoms with Crippen LogP contribution >= 0.6 is 0 Å². The predicted molar refractivity (Wildman–Crippen MR) is 138 cm³/mol. The van der Waals surface area contributed by atoms with Crippen molar-refractivity contribution in [3.05, 3.63) is 47.7 Å². The van der Waals surface area contributed by atoms with Gasteiger partial charge in [0.15, 0.2) is 11.5 Å². The Balaban J connectivity index is 1.39. The molecular formula is C28H34N4O4. The average Bonchev–Trinajstić information content (AvgIpc) is 3.51. The first kappa shape index (κ1) is 23.2. The van der Waals surface area contributed by atoms with Crippen LogP contribution in [0.1, 0.15) is 37.6 Å². The zero-order valence-corrected chi connectivity index (χ0v) is 21.1. The lowest BCUT2D eigenvalue weighted by Gasteiger charge is -2.49. The van der Waals surface area contributed by atoms with Gasteiger partial charge in [-0.1, -0.05) is 18.2 Å². The predicted octanol–water partition coefficient (Wildman–Crippen LogP) is 3.89. The molecule has 2 amide bonds. The Hall–Kier alpha value is -3.23. The molecule has 3 aromatic rings. The molecule has 0 aliphatic carbocycles. The maximum absolute atomic E-state index is 12.7. The molecule has 0 radical (unpaired) electrons. The number of nitrogens with one attached hydrogen (secondary N) is 2. The van der Waals surface area contributed by atoms with E-state index in [0.717, 1.165) is 48.5 Å². The number of rotatable bonds is 4. The minimum absolute atomic E-state index is 0.00368. The van der Waals surface area contributed by atoms with Crippen molar-refractivity contribution in [1.82, 2.24) is 20.1 Å². The van der Waals surface area contributed by atoms with Crippen LogP contribution in [0, 0.1) is 5.92 Å². The van der Waals surface area contributed by atoms with Gasteiger partial charge in [-0.05, 0) is 61.6 Å². The fraction of sp³-hybridized carbons (Fsp3) is 0.464. The van der Waals surface area contributed by atoms with E-state index in [2.05, 4.69) is 45.5 Å². The number of piperidine rings is 1. The number of hydrogen-bond donors (Lipinski definition) is 3. The molecule has 36 heavy (non-hydrogen) atoms. The number of aliphatic hydroxyl groups is 1. The number of hydrogen-bond acceptors (Lipinski definition) is 5. The smallest absolute Gasteiger partial charge is 0.317 e. The van der Waals surface area contributed by atoms with Gasteiger partial charge in [0.25, 0.3) is 0 Å². The molecule has 0 spiro atoms. The quantitative estimate of drug-likeness (QED) is 0.516. The number of benzene rings is 2. The van der Waals surface area contributed by atoms with Crippen LogP contribution in [0.3, 0.4) is 0 Å². The molecule has 3 aliphatic rings. The van der Waals surface area contributed by atoms with Crippen LogP contribution in [0.25, 0.3) is 22.0 Å². The van der Waals surface area contributed by atoms with E-state index in [0.29, 0.717) is 6.54 Å². The minimum Gasteiger partial charge on any atom is -0.454 e. The third-order valence-corrected chi connectivity index (χ3v) is 8.24. The van der Waals surface area contributed by atoms with Crippen molar-refractivity contribution in [1.29, 1.82) is 0 Å². The lowest BCUT2D eigenvalue weighted by Crippen LogP contribution is -2.58. The molecule has 0 unspecified atom stereocenters. The summed E-state index contributed by atoms with van der Waals surface area (Å²) >= 11 is 0. The fourth-order valence-electron chi connectivity index (χ4n) is 6.41. The molecule has 4 atom stereocenters. The first-order valence-corrected chi connectivity index (χ1v) is 12.9. The normalized spacial score (nSPS) is 23.7. The van der Waals surface area contributed by atoms with Gasteiger partial charge in [0.1, 0.15) is 0 Å². The maximum Gasteiger partial charge on any atom is 0.317 e. The summed E-state index contributed by atoms with van der Waals surface area (Å²) in [5.41, 5.74) is 6.02. The molecule has 1 saturated heterocycles. The highest BCUT2D eigenvalue weighted by atomic mass is 16.7. The van der Waals surface area contributed by atoms with Crippen molar-refractivity contribution in [2.24, 2.45) is 5.92 Å². The van der Waals surface area contributed by atoms with E-state index in [1.54, 1.807) is 4.90 Å². The maximum atomic E-state index is 12.7. The Labute approximate surface area is 211 Å². The summed E-state index contributed by atoms with van der Waals surface area (Å²) in [6.45, 7) is 6.32. The Morgan fingerprint density at radius 1 is 1.28 bits per heavy atom. The van der Waals surface area contributed by atoms with Crippen LogP contribution in [0.4, 0.5) is 4.79 Å². The number of aliphatic hydroxyl groups excluding tert-OH is 1. The molecule has 190 valence electrons. The van der Waals surface area contributed by atoms with E-state index in [1.807, 2.05) is 27.0 Å². The Kier molecular flexibility index (Phi) is 5.80. The van der Waals surface area contributed by atoms with Gasteiger partial charge < -0.3 is 29.8 Å². The molecule has 0 bridgehead atoms. The number of carbonyl (C=O) groups excluding carboxylic acids is 1. The molecule has 3 N–H and O–H groups in total. The second-order valence-electron chi connectivity index (χ2n) is 10.2. The first-order valence-electron chi connectivity index (χ1n) is 12.9. The first-order chi connectivity index (χ1) is 17.5. The van der Waals surface area contributed by atoms with Crippen LogP contribution in [0.2, 0.25) is 0 Å². The van der Waals surface area contributed by atoms with Gasteiger partial charge in [-0.15, -0.1) is 0 Å². The van der Waals surface area contributed by atoms with Gasteiger partial charge in [0.05, 0.1) is 12.1 Å². The number of urea groups is 1. The SMILES string of the molecule is CCNC(=O)N(C)[C@H]1C[C@H]2c3[nH]c4cccc(-c5ccc6c(c5)OCO6)c4c3CCN2C[C@H]1[C@H](C)O. The third-order valence-electron chi connectivity index (χ3n) is 8.24. The molecule has 2 aromatic carbocycles. The van der Waals surface area contributed by atoms with Gasteiger partial charge in [0.2, 0.25) is 6.79 Å². The molecule has 0 saturated carbocycles. The highest BCUT2D eigenvalue weighted by molar-refractivity contribution is 5.99. The van der Waals surface area contributed by atoms with Crippen LogP contribution in [0.5, 0.6) is 11.5 Å². The standard InChI is InChI=1S/C28H34N4O4/c1-4-29-28(34)31(3)22-13-23-27-19(10-11-32(23)14-20(22)16(2)33)26-18(6-5-7-21(26)30-27)17-8-9-24-25(12-17)36-15-35-24/h5-9,12,16,20,22-23,30,33H,4,10-11,13-15H2,1-3H3,(H,29,34)/t16-,20-,22-,23-/m0/s1. The molecular weight excluding hydrogens is 456 g/mol. The summed E-state index contributed by atoms with van der Waals surface area (Å²) in [6, 6.07) is 12.6.